The number of hydrogen-bond acceptors (Lipinski definition) is 2. The summed E-state index contributed by atoms with van der Waals surface area (Å²) in [6.45, 7) is 0.438. The summed E-state index contributed by atoms with van der Waals surface area (Å²) in [5.41, 5.74) is 0. The van der Waals surface area contributed by atoms with E-state index in [9.17, 15) is 83.6 Å². The molecule has 0 aliphatic rings. The zero-order valence-electron chi connectivity index (χ0n) is 15.1. The van der Waals surface area contributed by atoms with Crippen molar-refractivity contribution in [2.75, 3.05) is 6.16 Å². The molecule has 0 aromatic carbocycles. The summed E-state index contributed by atoms with van der Waals surface area (Å²) < 4.78 is 248. The van der Waals surface area contributed by atoms with Crippen LogP contribution in [0.4, 0.5) is 79.0 Å². The van der Waals surface area contributed by atoms with E-state index in [1.54, 1.807) is 0 Å². The molecule has 21 heteroatoms. The molecule has 2 unspecified atom stereocenters. The minimum absolute atomic E-state index is 0.438. The Kier molecular flexibility index (Phi) is 8.47. The van der Waals surface area contributed by atoms with Crippen molar-refractivity contribution in [2.45, 2.75) is 67.3 Å². The van der Waals surface area contributed by atoms with Crippen LogP contribution >= 0.6 is 8.03 Å². The van der Waals surface area contributed by atoms with E-state index in [2.05, 4.69) is 4.52 Å². The first-order valence-corrected chi connectivity index (χ1v) is 8.89. The lowest BCUT2D eigenvalue weighted by atomic mass is 9.88. The maximum atomic E-state index is 13.5. The SMILES string of the molecule is CC(F)O[P+](=O)CCC(F)(F)C(F)(F)C(F)(F)C(F)(F)C(F)(F)C(F)(F)C(F)(F)C(F)(F)F. The average Bonchev–Trinajstić information content (AvgIpc) is 2.57. The zero-order chi connectivity index (χ0) is 27.3. The number of rotatable bonds is 11. The van der Waals surface area contributed by atoms with Gasteiger partial charge in [0.25, 0.3) is 0 Å². The van der Waals surface area contributed by atoms with Crippen LogP contribution in [0, 0.1) is 0 Å². The predicted molar refractivity (Wildman–Crippen MR) is 69.4 cm³/mol. The second kappa shape index (κ2) is 8.78. The van der Waals surface area contributed by atoms with Gasteiger partial charge in [-0.1, -0.05) is 0 Å². The largest absolute Gasteiger partial charge is 0.511 e. The second-order valence-corrected chi connectivity index (χ2v) is 7.43. The summed E-state index contributed by atoms with van der Waals surface area (Å²) in [5, 5.41) is 0. The van der Waals surface area contributed by atoms with Crippen LogP contribution in [0.1, 0.15) is 13.3 Å². The Labute approximate surface area is 171 Å². The maximum absolute atomic E-state index is 13.5. The standard InChI is InChI=1S/C12H8F18O2P/c1-4(13)32-33(31)3-2-5(14,15)6(16,17)7(18,19)8(20,21)9(22,23)10(24,25)11(26,27)12(28,29)30/h4H,2-3H2,1H3/q+1. The monoisotopic (exact) mass is 557 g/mol. The fourth-order valence-corrected chi connectivity index (χ4v) is 2.69. The van der Waals surface area contributed by atoms with E-state index >= 15 is 0 Å². The molecule has 0 rings (SSSR count). The summed E-state index contributed by atoms with van der Waals surface area (Å²) >= 11 is 0. The van der Waals surface area contributed by atoms with Crippen LogP contribution in [0.15, 0.2) is 0 Å². The lowest BCUT2D eigenvalue weighted by Gasteiger charge is -2.42. The summed E-state index contributed by atoms with van der Waals surface area (Å²) in [7, 11) is -3.73. The third kappa shape index (κ3) is 4.96. The molecular weight excluding hydrogens is 549 g/mol. The summed E-state index contributed by atoms with van der Waals surface area (Å²) in [6, 6.07) is 0. The minimum Gasteiger partial charge on any atom is -0.211 e. The lowest BCUT2D eigenvalue weighted by molar-refractivity contribution is -0.461. The molecule has 0 fully saturated rings. The Bertz CT molecular complexity index is 712. The van der Waals surface area contributed by atoms with Gasteiger partial charge >= 0.3 is 55.7 Å². The highest BCUT2D eigenvalue weighted by molar-refractivity contribution is 7.39. The van der Waals surface area contributed by atoms with Crippen molar-refractivity contribution in [3.8, 4) is 0 Å². The van der Waals surface area contributed by atoms with E-state index in [0.717, 1.165) is 0 Å². The molecule has 0 bridgehead atoms. The lowest BCUT2D eigenvalue weighted by Crippen LogP contribution is -2.74. The van der Waals surface area contributed by atoms with Gasteiger partial charge in [0.2, 0.25) is 6.36 Å². The van der Waals surface area contributed by atoms with Gasteiger partial charge < -0.3 is 0 Å². The van der Waals surface area contributed by atoms with E-state index in [1.807, 2.05) is 0 Å². The van der Waals surface area contributed by atoms with Crippen molar-refractivity contribution in [2.24, 2.45) is 0 Å². The van der Waals surface area contributed by atoms with E-state index < -0.39 is 74.6 Å². The molecule has 0 saturated heterocycles. The number of alkyl halides is 18. The maximum Gasteiger partial charge on any atom is 0.511 e. The smallest absolute Gasteiger partial charge is 0.211 e. The predicted octanol–water partition coefficient (Wildman–Crippen LogP) is 7.46. The topological polar surface area (TPSA) is 26.3 Å². The van der Waals surface area contributed by atoms with Crippen LogP contribution in [-0.4, -0.2) is 60.2 Å². The summed E-state index contributed by atoms with van der Waals surface area (Å²) in [6.07, 6.45) is -15.3. The fraction of sp³-hybridized carbons (Fsp3) is 1.00. The fourth-order valence-electron chi connectivity index (χ4n) is 1.80. The zero-order valence-corrected chi connectivity index (χ0v) is 16.0. The van der Waals surface area contributed by atoms with Gasteiger partial charge in [-0.15, -0.1) is 4.52 Å². The van der Waals surface area contributed by atoms with Gasteiger partial charge in [0.1, 0.15) is 0 Å². The van der Waals surface area contributed by atoms with Gasteiger partial charge in [-0.2, -0.15) is 74.6 Å². The van der Waals surface area contributed by atoms with Crippen LogP contribution in [0.5, 0.6) is 0 Å². The highest BCUT2D eigenvalue weighted by Crippen LogP contribution is 2.64. The van der Waals surface area contributed by atoms with Crippen molar-refractivity contribution in [3.63, 3.8) is 0 Å². The third-order valence-corrected chi connectivity index (χ3v) is 4.77. The van der Waals surface area contributed by atoms with Gasteiger partial charge in [-0.25, -0.2) is 4.39 Å². The average molecular weight is 557 g/mol. The van der Waals surface area contributed by atoms with Gasteiger partial charge in [-0.05, 0) is 11.5 Å². The van der Waals surface area contributed by atoms with Crippen molar-refractivity contribution in [1.82, 2.24) is 0 Å². The Morgan fingerprint density at radius 1 is 0.606 bits per heavy atom. The molecule has 198 valence electrons. The normalized spacial score (nSPS) is 17.2. The Morgan fingerprint density at radius 3 is 1.21 bits per heavy atom. The summed E-state index contributed by atoms with van der Waals surface area (Å²) in [4.78, 5) is 0. The molecule has 2 nitrogen and oxygen atoms in total. The van der Waals surface area contributed by atoms with Crippen molar-refractivity contribution in [3.05, 3.63) is 0 Å². The van der Waals surface area contributed by atoms with Gasteiger partial charge in [0, 0.05) is 0 Å². The molecule has 0 aliphatic heterocycles. The molecule has 33 heavy (non-hydrogen) atoms. The minimum atomic E-state index is -8.71. The van der Waals surface area contributed by atoms with Crippen molar-refractivity contribution in [1.29, 1.82) is 0 Å². The van der Waals surface area contributed by atoms with Crippen LogP contribution < -0.4 is 0 Å². The van der Waals surface area contributed by atoms with Crippen LogP contribution in [0.3, 0.4) is 0 Å². The molecule has 0 aliphatic carbocycles. The van der Waals surface area contributed by atoms with Gasteiger partial charge in [-0.3, -0.25) is 0 Å². The van der Waals surface area contributed by atoms with Crippen LogP contribution in [-0.2, 0) is 9.09 Å². The van der Waals surface area contributed by atoms with E-state index in [1.165, 1.54) is 0 Å². The molecule has 0 saturated carbocycles. The van der Waals surface area contributed by atoms with E-state index in [0.29, 0.717) is 6.92 Å². The Hall–Kier alpha value is -1.20. The molecule has 2 atom stereocenters. The first kappa shape index (κ1) is 31.8. The first-order chi connectivity index (χ1) is 14.1. The molecule has 0 N–H and O–H groups in total. The molecule has 0 spiro atoms. The molecule has 0 amide bonds. The molecule has 0 aromatic rings. The van der Waals surface area contributed by atoms with Gasteiger partial charge in [0.15, 0.2) is 6.16 Å². The quantitative estimate of drug-likeness (QED) is 0.195. The first-order valence-electron chi connectivity index (χ1n) is 7.53. The van der Waals surface area contributed by atoms with Gasteiger partial charge in [0.05, 0.1) is 6.42 Å². The molecule has 0 heterocycles. The summed E-state index contributed by atoms with van der Waals surface area (Å²) in [5.74, 6) is -57.1. The van der Waals surface area contributed by atoms with E-state index in [-0.39, 0.29) is 0 Å². The van der Waals surface area contributed by atoms with E-state index in [4.69, 9.17) is 0 Å². The van der Waals surface area contributed by atoms with Crippen LogP contribution in [0.2, 0.25) is 0 Å². The number of hydrogen-bond donors (Lipinski definition) is 0. The molecule has 0 aromatic heterocycles. The molecule has 0 radical (unpaired) electrons. The highest BCUT2D eigenvalue weighted by atomic mass is 31.1. The Balaban J connectivity index is 6.39. The van der Waals surface area contributed by atoms with Crippen molar-refractivity contribution < 1.29 is 88.1 Å². The number of halogens is 18. The van der Waals surface area contributed by atoms with Crippen molar-refractivity contribution >= 4 is 8.03 Å². The molecular formula is C12H8F18O2P+. The van der Waals surface area contributed by atoms with Crippen LogP contribution in [0.25, 0.3) is 0 Å². The second-order valence-electron chi connectivity index (χ2n) is 6.10. The highest BCUT2D eigenvalue weighted by Gasteiger charge is 2.95. The Morgan fingerprint density at radius 2 is 0.909 bits per heavy atom. The third-order valence-electron chi connectivity index (χ3n) is 3.66.